The summed E-state index contributed by atoms with van der Waals surface area (Å²) in [5.74, 6) is 0.312. The molecular weight excluding hydrogens is 323 g/mol. The van der Waals surface area contributed by atoms with Crippen molar-refractivity contribution in [3.8, 4) is 0 Å². The number of aryl methyl sites for hydroxylation is 1. The first-order valence-corrected chi connectivity index (χ1v) is 8.21. The molecule has 1 aliphatic carbocycles. The summed E-state index contributed by atoms with van der Waals surface area (Å²) in [6.07, 6.45) is 5.63. The van der Waals surface area contributed by atoms with Gasteiger partial charge in [0.2, 0.25) is 0 Å². The summed E-state index contributed by atoms with van der Waals surface area (Å²) in [5.41, 5.74) is 5.71. The highest BCUT2D eigenvalue weighted by molar-refractivity contribution is 7.89. The van der Waals surface area contributed by atoms with E-state index < -0.39 is 10.0 Å². The Hall–Kier alpha value is -0.340. The van der Waals surface area contributed by atoms with Crippen molar-refractivity contribution in [1.82, 2.24) is 14.5 Å². The van der Waals surface area contributed by atoms with Gasteiger partial charge in [-0.25, -0.2) is 13.1 Å². The van der Waals surface area contributed by atoms with Crippen LogP contribution in [-0.4, -0.2) is 30.8 Å². The van der Waals surface area contributed by atoms with Gasteiger partial charge in [-0.2, -0.15) is 5.10 Å². The van der Waals surface area contributed by atoms with E-state index in [-0.39, 0.29) is 28.5 Å². The van der Waals surface area contributed by atoms with Crippen LogP contribution >= 0.6 is 24.0 Å². The molecule has 1 heterocycles. The number of hydrogen-bond acceptors (Lipinski definition) is 4. The highest BCUT2D eigenvalue weighted by atomic mass is 35.5. The summed E-state index contributed by atoms with van der Waals surface area (Å²) in [6.45, 7) is 0.291. The quantitative estimate of drug-likeness (QED) is 0.843. The number of nitrogens with zero attached hydrogens (tertiary/aromatic N) is 2. The molecule has 3 N–H and O–H groups in total. The van der Waals surface area contributed by atoms with Crippen LogP contribution in [0.15, 0.2) is 11.2 Å². The van der Waals surface area contributed by atoms with Crippen LogP contribution in [-0.2, 0) is 17.1 Å². The number of nitrogens with one attached hydrogen (secondary N) is 1. The maximum absolute atomic E-state index is 12.3. The molecule has 1 unspecified atom stereocenters. The standard InChI is InChI=1S/C11H19ClN4O2S.ClH/c1-16-11(9(12)7-14-16)19(17,18)15-10(6-13)8-4-2-3-5-8;/h7-8,10,15H,2-6,13H2,1H3;1H. The Bertz CT molecular complexity index is 521. The highest BCUT2D eigenvalue weighted by Gasteiger charge is 2.31. The van der Waals surface area contributed by atoms with Crippen molar-refractivity contribution in [1.29, 1.82) is 0 Å². The van der Waals surface area contributed by atoms with E-state index in [1.54, 1.807) is 7.05 Å². The Morgan fingerprint density at radius 1 is 1.55 bits per heavy atom. The molecule has 9 heteroatoms. The Labute approximate surface area is 130 Å². The summed E-state index contributed by atoms with van der Waals surface area (Å²) in [4.78, 5) is 0. The molecule has 1 aromatic heterocycles. The monoisotopic (exact) mass is 342 g/mol. The third-order valence-electron chi connectivity index (χ3n) is 3.63. The summed E-state index contributed by atoms with van der Waals surface area (Å²) in [7, 11) is -2.14. The van der Waals surface area contributed by atoms with Crippen LogP contribution in [0.1, 0.15) is 25.7 Å². The first-order chi connectivity index (χ1) is 8.95. The Balaban J connectivity index is 0.00000200. The fraction of sp³-hybridized carbons (Fsp3) is 0.727. The lowest BCUT2D eigenvalue weighted by Gasteiger charge is -2.22. The van der Waals surface area contributed by atoms with Crippen molar-refractivity contribution in [2.24, 2.45) is 18.7 Å². The molecule has 0 radical (unpaired) electrons. The minimum absolute atomic E-state index is 0. The average molecular weight is 343 g/mol. The number of sulfonamides is 1. The normalized spacial score (nSPS) is 17.9. The molecule has 20 heavy (non-hydrogen) atoms. The second-order valence-electron chi connectivity index (χ2n) is 4.93. The fourth-order valence-electron chi connectivity index (χ4n) is 2.65. The van der Waals surface area contributed by atoms with Crippen molar-refractivity contribution in [3.63, 3.8) is 0 Å². The molecule has 1 atom stereocenters. The number of hydrogen-bond donors (Lipinski definition) is 2. The van der Waals surface area contributed by atoms with Gasteiger partial charge in [0.1, 0.15) is 0 Å². The number of nitrogens with two attached hydrogens (primary N) is 1. The van der Waals surface area contributed by atoms with Crippen LogP contribution in [0, 0.1) is 5.92 Å². The molecule has 0 saturated heterocycles. The number of rotatable bonds is 5. The van der Waals surface area contributed by atoms with E-state index in [0.29, 0.717) is 12.5 Å². The van der Waals surface area contributed by atoms with Gasteiger partial charge in [-0.05, 0) is 18.8 Å². The van der Waals surface area contributed by atoms with Gasteiger partial charge < -0.3 is 5.73 Å². The van der Waals surface area contributed by atoms with Gasteiger partial charge >= 0.3 is 0 Å². The summed E-state index contributed by atoms with van der Waals surface area (Å²) in [6, 6.07) is -0.238. The zero-order valence-electron chi connectivity index (χ0n) is 11.3. The van der Waals surface area contributed by atoms with Crippen LogP contribution in [0.5, 0.6) is 0 Å². The van der Waals surface area contributed by atoms with Gasteiger partial charge in [-0.1, -0.05) is 24.4 Å². The van der Waals surface area contributed by atoms with E-state index in [2.05, 4.69) is 9.82 Å². The largest absolute Gasteiger partial charge is 0.329 e. The molecule has 6 nitrogen and oxygen atoms in total. The van der Waals surface area contributed by atoms with Gasteiger partial charge in [-0.3, -0.25) is 4.68 Å². The van der Waals surface area contributed by atoms with Crippen molar-refractivity contribution >= 4 is 34.0 Å². The summed E-state index contributed by atoms with van der Waals surface area (Å²) >= 11 is 5.88. The smallest absolute Gasteiger partial charge is 0.259 e. The van der Waals surface area contributed by atoms with Crippen LogP contribution in [0.25, 0.3) is 0 Å². The van der Waals surface area contributed by atoms with Gasteiger partial charge in [0.25, 0.3) is 10.0 Å². The average Bonchev–Trinajstić information content (AvgIpc) is 2.96. The molecule has 1 saturated carbocycles. The lowest BCUT2D eigenvalue weighted by molar-refractivity contribution is 0.404. The first kappa shape index (κ1) is 17.7. The molecule has 0 aromatic carbocycles. The molecular formula is C11H20Cl2N4O2S. The van der Waals surface area contributed by atoms with Crippen LogP contribution in [0.2, 0.25) is 5.02 Å². The third-order valence-corrected chi connectivity index (χ3v) is 5.62. The molecule has 0 aliphatic heterocycles. The Morgan fingerprint density at radius 3 is 2.60 bits per heavy atom. The van der Waals surface area contributed by atoms with Gasteiger partial charge in [-0.15, -0.1) is 12.4 Å². The maximum Gasteiger partial charge on any atom is 0.259 e. The lowest BCUT2D eigenvalue weighted by Crippen LogP contribution is -2.45. The second kappa shape index (κ2) is 7.09. The molecule has 0 bridgehead atoms. The van der Waals surface area contributed by atoms with Gasteiger partial charge in [0, 0.05) is 19.6 Å². The Morgan fingerprint density at radius 2 is 2.15 bits per heavy atom. The highest BCUT2D eigenvalue weighted by Crippen LogP contribution is 2.28. The van der Waals surface area contributed by atoms with Crippen molar-refractivity contribution in [2.75, 3.05) is 6.54 Å². The molecule has 1 fully saturated rings. The van der Waals surface area contributed by atoms with E-state index >= 15 is 0 Å². The van der Waals surface area contributed by atoms with E-state index in [1.807, 2.05) is 0 Å². The van der Waals surface area contributed by atoms with Gasteiger partial charge in [0.05, 0.1) is 11.2 Å². The maximum atomic E-state index is 12.3. The minimum Gasteiger partial charge on any atom is -0.329 e. The topological polar surface area (TPSA) is 90.0 Å². The van der Waals surface area contributed by atoms with E-state index in [4.69, 9.17) is 17.3 Å². The summed E-state index contributed by atoms with van der Waals surface area (Å²) < 4.78 is 28.6. The molecule has 0 spiro atoms. The lowest BCUT2D eigenvalue weighted by atomic mass is 9.99. The van der Waals surface area contributed by atoms with Crippen molar-refractivity contribution < 1.29 is 8.42 Å². The molecule has 1 aliphatic rings. The Kier molecular flexibility index (Phi) is 6.27. The number of halogens is 2. The van der Waals surface area contributed by atoms with E-state index in [1.165, 1.54) is 10.9 Å². The van der Waals surface area contributed by atoms with Crippen molar-refractivity contribution in [3.05, 3.63) is 11.2 Å². The van der Waals surface area contributed by atoms with Crippen LogP contribution in [0.4, 0.5) is 0 Å². The SMILES string of the molecule is Cl.Cn1ncc(Cl)c1S(=O)(=O)NC(CN)C1CCCC1. The fourth-order valence-corrected chi connectivity index (χ4v) is 4.63. The second-order valence-corrected chi connectivity index (χ2v) is 6.97. The van der Waals surface area contributed by atoms with E-state index in [9.17, 15) is 8.42 Å². The molecule has 2 rings (SSSR count). The third kappa shape index (κ3) is 3.65. The zero-order valence-corrected chi connectivity index (χ0v) is 13.6. The van der Waals surface area contributed by atoms with Crippen molar-refractivity contribution in [2.45, 2.75) is 36.8 Å². The number of aromatic nitrogens is 2. The van der Waals surface area contributed by atoms with Crippen LogP contribution < -0.4 is 10.5 Å². The molecule has 1 aromatic rings. The zero-order chi connectivity index (χ0) is 14.0. The molecule has 0 amide bonds. The van der Waals surface area contributed by atoms with E-state index in [0.717, 1.165) is 25.7 Å². The minimum atomic E-state index is -3.69. The molecule has 116 valence electrons. The van der Waals surface area contributed by atoms with Crippen LogP contribution in [0.3, 0.4) is 0 Å². The predicted octanol–water partition coefficient (Wildman–Crippen LogP) is 1.29. The predicted molar refractivity (Wildman–Crippen MR) is 80.6 cm³/mol. The van der Waals surface area contributed by atoms with Gasteiger partial charge in [0.15, 0.2) is 5.03 Å². The summed E-state index contributed by atoms with van der Waals surface area (Å²) in [5, 5.41) is 3.96. The first-order valence-electron chi connectivity index (χ1n) is 6.35.